The lowest BCUT2D eigenvalue weighted by Crippen LogP contribution is -3.17. The molecule has 0 saturated heterocycles. The molecule has 6 heteroatoms. The Bertz CT molecular complexity index is 801. The van der Waals surface area contributed by atoms with Crippen LogP contribution in [0.1, 0.15) is 39.2 Å². The first-order valence-electron chi connectivity index (χ1n) is 10.0. The van der Waals surface area contributed by atoms with Crippen molar-refractivity contribution < 1.29 is 19.2 Å². The second-order valence-electron chi connectivity index (χ2n) is 7.45. The van der Waals surface area contributed by atoms with Gasteiger partial charge in [-0.3, -0.25) is 9.59 Å². The molecule has 1 unspecified atom stereocenters. The second-order valence-corrected chi connectivity index (χ2v) is 7.45. The second kappa shape index (κ2) is 10.6. The Kier molecular flexibility index (Phi) is 8.21. The summed E-state index contributed by atoms with van der Waals surface area (Å²) in [6, 6.07) is 14.7. The minimum absolute atomic E-state index is 0.101. The number of carbonyl (C=O) groups is 2. The van der Waals surface area contributed by atoms with E-state index >= 15 is 0 Å². The highest BCUT2D eigenvalue weighted by Gasteiger charge is 2.26. The SMILES string of the molecule is CC[NH+](CC(=O)Nc1ccc(OC)cc1)[C@@H](C)C(=O)Nc1ccc(C(C)C)cc1. The Hall–Kier alpha value is -2.86. The van der Waals surface area contributed by atoms with E-state index in [1.165, 1.54) is 5.56 Å². The van der Waals surface area contributed by atoms with Crippen LogP contribution in [0, 0.1) is 0 Å². The molecule has 2 aromatic carbocycles. The highest BCUT2D eigenvalue weighted by molar-refractivity contribution is 5.94. The van der Waals surface area contributed by atoms with Crippen LogP contribution in [-0.2, 0) is 9.59 Å². The third-order valence-corrected chi connectivity index (χ3v) is 5.07. The molecule has 2 amide bonds. The van der Waals surface area contributed by atoms with Gasteiger partial charge in [0, 0.05) is 11.4 Å². The van der Waals surface area contributed by atoms with Crippen molar-refractivity contribution in [3.8, 4) is 5.75 Å². The van der Waals surface area contributed by atoms with Crippen molar-refractivity contribution in [2.75, 3.05) is 30.8 Å². The third kappa shape index (κ3) is 6.61. The minimum atomic E-state index is -0.355. The van der Waals surface area contributed by atoms with E-state index in [1.54, 1.807) is 31.4 Å². The monoisotopic (exact) mass is 398 g/mol. The van der Waals surface area contributed by atoms with Gasteiger partial charge in [0.2, 0.25) is 0 Å². The molecule has 2 atom stereocenters. The molecule has 0 aliphatic heterocycles. The maximum absolute atomic E-state index is 12.7. The van der Waals surface area contributed by atoms with E-state index in [0.29, 0.717) is 18.2 Å². The Morgan fingerprint density at radius 1 is 0.931 bits per heavy atom. The van der Waals surface area contributed by atoms with Gasteiger partial charge in [0.1, 0.15) is 5.75 Å². The van der Waals surface area contributed by atoms with Crippen molar-refractivity contribution in [3.63, 3.8) is 0 Å². The van der Waals surface area contributed by atoms with Gasteiger partial charge in [0.25, 0.3) is 11.8 Å². The van der Waals surface area contributed by atoms with Gasteiger partial charge in [-0.05, 0) is 61.7 Å². The third-order valence-electron chi connectivity index (χ3n) is 5.07. The van der Waals surface area contributed by atoms with Crippen LogP contribution in [0.3, 0.4) is 0 Å². The number of quaternary nitrogens is 1. The number of hydrogen-bond acceptors (Lipinski definition) is 3. The summed E-state index contributed by atoms with van der Waals surface area (Å²) < 4.78 is 5.12. The zero-order valence-electron chi connectivity index (χ0n) is 17.9. The van der Waals surface area contributed by atoms with E-state index in [0.717, 1.165) is 16.3 Å². The summed E-state index contributed by atoms with van der Waals surface area (Å²) in [5.74, 6) is 0.947. The molecule has 0 aliphatic rings. The number of benzene rings is 2. The molecular formula is C23H32N3O3+. The average molecular weight is 399 g/mol. The summed E-state index contributed by atoms with van der Waals surface area (Å²) in [5.41, 5.74) is 2.70. The molecular weight excluding hydrogens is 366 g/mol. The minimum Gasteiger partial charge on any atom is -0.497 e. The van der Waals surface area contributed by atoms with Gasteiger partial charge < -0.3 is 20.3 Å². The summed E-state index contributed by atoms with van der Waals surface area (Å²) >= 11 is 0. The molecule has 0 aromatic heterocycles. The molecule has 29 heavy (non-hydrogen) atoms. The van der Waals surface area contributed by atoms with Crippen LogP contribution in [-0.4, -0.2) is 38.1 Å². The van der Waals surface area contributed by atoms with Crippen LogP contribution < -0.4 is 20.3 Å². The standard InChI is InChI=1S/C23H31N3O3/c1-6-26(15-22(27)24-19-11-13-21(29-5)14-12-19)17(4)23(28)25-20-9-7-18(8-10-20)16(2)3/h7-14,16-17H,6,15H2,1-5H3,(H,24,27)(H,25,28)/p+1/t17-/m0/s1. The predicted molar refractivity (Wildman–Crippen MR) is 117 cm³/mol. The lowest BCUT2D eigenvalue weighted by Gasteiger charge is -2.23. The molecule has 0 spiro atoms. The molecule has 0 heterocycles. The molecule has 0 fully saturated rings. The van der Waals surface area contributed by atoms with E-state index in [4.69, 9.17) is 4.74 Å². The fraction of sp³-hybridized carbons (Fsp3) is 0.391. The number of amides is 2. The van der Waals surface area contributed by atoms with Gasteiger partial charge in [-0.15, -0.1) is 0 Å². The first kappa shape index (κ1) is 22.4. The van der Waals surface area contributed by atoms with Crippen molar-refractivity contribution in [1.82, 2.24) is 0 Å². The van der Waals surface area contributed by atoms with Gasteiger partial charge in [0.05, 0.1) is 13.7 Å². The largest absolute Gasteiger partial charge is 0.497 e. The smallest absolute Gasteiger partial charge is 0.282 e. The Labute approximate surface area is 173 Å². The molecule has 0 saturated carbocycles. The number of methoxy groups -OCH3 is 1. The van der Waals surface area contributed by atoms with Crippen molar-refractivity contribution in [2.24, 2.45) is 0 Å². The van der Waals surface area contributed by atoms with Crippen LogP contribution in [0.25, 0.3) is 0 Å². The van der Waals surface area contributed by atoms with Gasteiger partial charge >= 0.3 is 0 Å². The Morgan fingerprint density at radius 2 is 1.48 bits per heavy atom. The number of likely N-dealkylation sites (N-methyl/N-ethyl adjacent to an activating group) is 1. The summed E-state index contributed by atoms with van der Waals surface area (Å²) in [6.07, 6.45) is 0. The van der Waals surface area contributed by atoms with Crippen LogP contribution in [0.5, 0.6) is 5.75 Å². The summed E-state index contributed by atoms with van der Waals surface area (Å²) in [5, 5.41) is 5.82. The number of carbonyl (C=O) groups excluding carboxylic acids is 2. The maximum Gasteiger partial charge on any atom is 0.282 e. The number of anilines is 2. The van der Waals surface area contributed by atoms with Crippen molar-refractivity contribution in [3.05, 3.63) is 54.1 Å². The van der Waals surface area contributed by atoms with E-state index < -0.39 is 0 Å². The number of hydrogen-bond donors (Lipinski definition) is 3. The van der Waals surface area contributed by atoms with E-state index in [1.807, 2.05) is 38.1 Å². The Morgan fingerprint density at radius 3 is 2.00 bits per heavy atom. The van der Waals surface area contributed by atoms with E-state index in [2.05, 4.69) is 24.5 Å². The number of rotatable bonds is 9. The molecule has 0 bridgehead atoms. The first-order valence-corrected chi connectivity index (χ1v) is 10.0. The molecule has 3 N–H and O–H groups in total. The topological polar surface area (TPSA) is 71.9 Å². The lowest BCUT2D eigenvalue weighted by molar-refractivity contribution is -0.904. The van der Waals surface area contributed by atoms with Gasteiger partial charge in [-0.1, -0.05) is 26.0 Å². The summed E-state index contributed by atoms with van der Waals surface area (Å²) in [7, 11) is 1.60. The summed E-state index contributed by atoms with van der Waals surface area (Å²) in [4.78, 5) is 26.0. The molecule has 0 aliphatic carbocycles. The predicted octanol–water partition coefficient (Wildman–Crippen LogP) is 2.69. The van der Waals surface area contributed by atoms with E-state index in [-0.39, 0.29) is 24.4 Å². The average Bonchev–Trinajstić information content (AvgIpc) is 2.72. The first-order chi connectivity index (χ1) is 13.8. The summed E-state index contributed by atoms with van der Waals surface area (Å²) in [6.45, 7) is 8.96. The van der Waals surface area contributed by atoms with Crippen LogP contribution in [0.4, 0.5) is 11.4 Å². The van der Waals surface area contributed by atoms with Gasteiger partial charge in [-0.2, -0.15) is 0 Å². The van der Waals surface area contributed by atoms with Crippen LogP contribution in [0.2, 0.25) is 0 Å². The molecule has 156 valence electrons. The lowest BCUT2D eigenvalue weighted by atomic mass is 10.0. The highest BCUT2D eigenvalue weighted by atomic mass is 16.5. The van der Waals surface area contributed by atoms with Crippen LogP contribution >= 0.6 is 0 Å². The zero-order chi connectivity index (χ0) is 21.4. The quantitative estimate of drug-likeness (QED) is 0.608. The van der Waals surface area contributed by atoms with Crippen molar-refractivity contribution >= 4 is 23.2 Å². The van der Waals surface area contributed by atoms with E-state index in [9.17, 15) is 9.59 Å². The number of nitrogens with one attached hydrogen (secondary N) is 3. The normalized spacial score (nSPS) is 12.9. The van der Waals surface area contributed by atoms with Gasteiger partial charge in [0.15, 0.2) is 12.6 Å². The van der Waals surface area contributed by atoms with Gasteiger partial charge in [-0.25, -0.2) is 0 Å². The highest BCUT2D eigenvalue weighted by Crippen LogP contribution is 2.17. The maximum atomic E-state index is 12.7. The zero-order valence-corrected chi connectivity index (χ0v) is 17.9. The Balaban J connectivity index is 1.92. The molecule has 2 aromatic rings. The number of ether oxygens (including phenoxy) is 1. The fourth-order valence-corrected chi connectivity index (χ4v) is 3.06. The molecule has 6 nitrogen and oxygen atoms in total. The van der Waals surface area contributed by atoms with Crippen LogP contribution in [0.15, 0.2) is 48.5 Å². The molecule has 2 rings (SSSR count). The van der Waals surface area contributed by atoms with Crippen molar-refractivity contribution in [1.29, 1.82) is 0 Å². The molecule has 0 radical (unpaired) electrons. The fourth-order valence-electron chi connectivity index (χ4n) is 3.06. The van der Waals surface area contributed by atoms with Crippen molar-refractivity contribution in [2.45, 2.75) is 39.7 Å².